The first-order valence-electron chi connectivity index (χ1n) is 9.51. The molecule has 0 aromatic heterocycles. The second kappa shape index (κ2) is 13.8. The number of carbonyl (C=O) groups excluding carboxylic acids is 2. The number of hydrogen-bond donors (Lipinski definition) is 0. The SMILES string of the molecule is C=CCN(CC=C)C(=O)C(C)(C)CSCCOCOCC(C)(CC)C(=O)OC. The van der Waals surface area contributed by atoms with E-state index in [9.17, 15) is 9.59 Å². The lowest BCUT2D eigenvalue weighted by atomic mass is 9.89. The quantitative estimate of drug-likeness (QED) is 0.166. The maximum atomic E-state index is 12.7. The van der Waals surface area contributed by atoms with E-state index in [0.717, 1.165) is 5.75 Å². The summed E-state index contributed by atoms with van der Waals surface area (Å²) in [5.41, 5.74) is -1.13. The smallest absolute Gasteiger partial charge is 0.313 e. The molecule has 0 saturated heterocycles. The van der Waals surface area contributed by atoms with E-state index in [-0.39, 0.29) is 25.3 Å². The second-order valence-corrected chi connectivity index (χ2v) is 8.61. The number of amides is 1. The summed E-state index contributed by atoms with van der Waals surface area (Å²) in [6.07, 6.45) is 4.08. The molecule has 0 aromatic carbocycles. The van der Waals surface area contributed by atoms with Crippen LogP contribution in [-0.4, -0.2) is 68.5 Å². The van der Waals surface area contributed by atoms with Crippen LogP contribution in [0.1, 0.15) is 34.1 Å². The van der Waals surface area contributed by atoms with Crippen molar-refractivity contribution in [2.75, 3.05) is 51.7 Å². The van der Waals surface area contributed by atoms with Gasteiger partial charge in [-0.2, -0.15) is 11.8 Å². The van der Waals surface area contributed by atoms with Crippen LogP contribution < -0.4 is 0 Å². The van der Waals surface area contributed by atoms with Crippen molar-refractivity contribution in [3.05, 3.63) is 25.3 Å². The van der Waals surface area contributed by atoms with Crippen molar-refractivity contribution >= 4 is 23.6 Å². The van der Waals surface area contributed by atoms with Crippen LogP contribution in [0.25, 0.3) is 0 Å². The first kappa shape index (κ1) is 26.7. The monoisotopic (exact) mass is 415 g/mol. The molecule has 0 aliphatic carbocycles. The van der Waals surface area contributed by atoms with Gasteiger partial charge in [-0.25, -0.2) is 0 Å². The molecule has 7 heteroatoms. The molecule has 0 aliphatic rings. The van der Waals surface area contributed by atoms with Gasteiger partial charge >= 0.3 is 5.97 Å². The van der Waals surface area contributed by atoms with Gasteiger partial charge < -0.3 is 19.1 Å². The molecule has 0 aliphatic heterocycles. The van der Waals surface area contributed by atoms with Gasteiger partial charge in [-0.15, -0.1) is 13.2 Å². The summed E-state index contributed by atoms with van der Waals surface area (Å²) in [4.78, 5) is 26.2. The Morgan fingerprint density at radius 3 is 2.21 bits per heavy atom. The minimum Gasteiger partial charge on any atom is -0.469 e. The molecular weight excluding hydrogens is 378 g/mol. The van der Waals surface area contributed by atoms with Crippen molar-refractivity contribution in [3.63, 3.8) is 0 Å². The highest BCUT2D eigenvalue weighted by Gasteiger charge is 2.33. The van der Waals surface area contributed by atoms with E-state index in [1.807, 2.05) is 27.7 Å². The Hall–Kier alpha value is -1.31. The number of nitrogens with zero attached hydrogens (tertiary/aromatic N) is 1. The Morgan fingerprint density at radius 2 is 1.71 bits per heavy atom. The maximum Gasteiger partial charge on any atom is 0.313 e. The van der Waals surface area contributed by atoms with Gasteiger partial charge in [0.2, 0.25) is 5.91 Å². The summed E-state index contributed by atoms with van der Waals surface area (Å²) in [7, 11) is 1.38. The van der Waals surface area contributed by atoms with Crippen molar-refractivity contribution in [3.8, 4) is 0 Å². The van der Waals surface area contributed by atoms with Gasteiger partial charge in [0.05, 0.1) is 31.2 Å². The lowest BCUT2D eigenvalue weighted by molar-refractivity contribution is -0.159. The van der Waals surface area contributed by atoms with E-state index in [1.54, 1.807) is 28.8 Å². The van der Waals surface area contributed by atoms with Crippen LogP contribution in [0.4, 0.5) is 0 Å². The minimum absolute atomic E-state index is 0.0886. The van der Waals surface area contributed by atoms with E-state index < -0.39 is 10.8 Å². The molecule has 0 fully saturated rings. The molecule has 0 radical (unpaired) electrons. The molecule has 162 valence electrons. The molecule has 0 bridgehead atoms. The number of ether oxygens (including phenoxy) is 3. The number of thioether (sulfide) groups is 1. The lowest BCUT2D eigenvalue weighted by Crippen LogP contribution is -2.42. The molecule has 0 heterocycles. The molecule has 0 saturated carbocycles. The molecule has 28 heavy (non-hydrogen) atoms. The summed E-state index contributed by atoms with van der Waals surface area (Å²) in [5, 5.41) is 0. The van der Waals surface area contributed by atoms with Crippen LogP contribution in [0.2, 0.25) is 0 Å². The zero-order valence-electron chi connectivity index (χ0n) is 18.1. The summed E-state index contributed by atoms with van der Waals surface area (Å²) in [6, 6.07) is 0. The second-order valence-electron chi connectivity index (χ2n) is 7.50. The Bertz CT molecular complexity index is 499. The van der Waals surface area contributed by atoms with E-state index in [1.165, 1.54) is 7.11 Å². The zero-order valence-corrected chi connectivity index (χ0v) is 18.9. The third-order valence-corrected chi connectivity index (χ3v) is 5.83. The van der Waals surface area contributed by atoms with Crippen LogP contribution in [-0.2, 0) is 23.8 Å². The van der Waals surface area contributed by atoms with Crippen molar-refractivity contribution in [1.82, 2.24) is 4.90 Å². The third-order valence-electron chi connectivity index (χ3n) is 4.45. The maximum absolute atomic E-state index is 12.7. The van der Waals surface area contributed by atoms with E-state index in [2.05, 4.69) is 13.2 Å². The van der Waals surface area contributed by atoms with Crippen LogP contribution >= 0.6 is 11.8 Å². The third kappa shape index (κ3) is 9.26. The summed E-state index contributed by atoms with van der Waals surface area (Å²) < 4.78 is 15.8. The molecule has 0 N–H and O–H groups in total. The highest BCUT2D eigenvalue weighted by Crippen LogP contribution is 2.25. The molecule has 0 spiro atoms. The number of esters is 1. The predicted octanol–water partition coefficient (Wildman–Crippen LogP) is 3.53. The molecule has 1 unspecified atom stereocenters. The number of rotatable bonds is 16. The Balaban J connectivity index is 4.12. The van der Waals surface area contributed by atoms with Gasteiger partial charge in [-0.3, -0.25) is 9.59 Å². The molecule has 1 atom stereocenters. The fourth-order valence-electron chi connectivity index (χ4n) is 2.42. The van der Waals surface area contributed by atoms with Gasteiger partial charge in [-0.05, 0) is 13.3 Å². The molecule has 1 amide bonds. The topological polar surface area (TPSA) is 65.1 Å². The highest BCUT2D eigenvalue weighted by molar-refractivity contribution is 7.99. The van der Waals surface area contributed by atoms with E-state index >= 15 is 0 Å². The van der Waals surface area contributed by atoms with Crippen molar-refractivity contribution in [2.24, 2.45) is 10.8 Å². The van der Waals surface area contributed by atoms with Crippen molar-refractivity contribution < 1.29 is 23.8 Å². The minimum atomic E-state index is -0.653. The van der Waals surface area contributed by atoms with Crippen LogP contribution in [0.15, 0.2) is 25.3 Å². The predicted molar refractivity (Wildman–Crippen MR) is 115 cm³/mol. The summed E-state index contributed by atoms with van der Waals surface area (Å²) in [5.74, 6) is 1.26. The van der Waals surface area contributed by atoms with Gasteiger partial charge in [0, 0.05) is 24.6 Å². The fraction of sp³-hybridized carbons (Fsp3) is 0.714. The van der Waals surface area contributed by atoms with E-state index in [0.29, 0.717) is 31.9 Å². The Kier molecular flexibility index (Phi) is 13.2. The van der Waals surface area contributed by atoms with Crippen LogP contribution in [0, 0.1) is 10.8 Å². The van der Waals surface area contributed by atoms with E-state index in [4.69, 9.17) is 14.2 Å². The van der Waals surface area contributed by atoms with Crippen LogP contribution in [0.5, 0.6) is 0 Å². The Morgan fingerprint density at radius 1 is 1.11 bits per heavy atom. The van der Waals surface area contributed by atoms with Crippen molar-refractivity contribution in [1.29, 1.82) is 0 Å². The summed E-state index contributed by atoms with van der Waals surface area (Å²) in [6.45, 7) is 17.0. The number of methoxy groups -OCH3 is 1. The highest BCUT2D eigenvalue weighted by atomic mass is 32.2. The first-order chi connectivity index (χ1) is 13.2. The van der Waals surface area contributed by atoms with Gasteiger partial charge in [-0.1, -0.05) is 32.9 Å². The average Bonchev–Trinajstić information content (AvgIpc) is 2.68. The Labute approximate surface area is 174 Å². The number of carbonyl (C=O) groups is 2. The van der Waals surface area contributed by atoms with Gasteiger partial charge in [0.25, 0.3) is 0 Å². The zero-order chi connectivity index (χ0) is 21.6. The standard InChI is InChI=1S/C21H37NO5S/c1-8-11-22(12-9-2)18(23)20(4,5)16-28-14-13-26-17-27-15-21(6,10-3)19(24)25-7/h8-9H,1-2,10-17H2,3-7H3. The fourth-order valence-corrected chi connectivity index (χ4v) is 3.44. The largest absolute Gasteiger partial charge is 0.469 e. The molecule has 0 rings (SSSR count). The van der Waals surface area contributed by atoms with Gasteiger partial charge in [0.1, 0.15) is 6.79 Å². The summed E-state index contributed by atoms with van der Waals surface area (Å²) >= 11 is 1.66. The first-order valence-corrected chi connectivity index (χ1v) is 10.7. The van der Waals surface area contributed by atoms with Crippen molar-refractivity contribution in [2.45, 2.75) is 34.1 Å². The number of hydrogen-bond acceptors (Lipinski definition) is 6. The molecular formula is C21H37NO5S. The average molecular weight is 416 g/mol. The molecule has 6 nitrogen and oxygen atoms in total. The lowest BCUT2D eigenvalue weighted by Gasteiger charge is -2.30. The normalized spacial score (nSPS) is 13.5. The van der Waals surface area contributed by atoms with Crippen LogP contribution in [0.3, 0.4) is 0 Å². The molecule has 0 aromatic rings. The van der Waals surface area contributed by atoms with Gasteiger partial charge in [0.15, 0.2) is 0 Å².